The lowest BCUT2D eigenvalue weighted by Gasteiger charge is -2.11. The Hall–Kier alpha value is -0.970. The third kappa shape index (κ3) is 4.81. The summed E-state index contributed by atoms with van der Waals surface area (Å²) in [5.41, 5.74) is 1.04. The normalized spacial score (nSPS) is 11.0. The number of hydrogen-bond donors (Lipinski definition) is 2. The summed E-state index contributed by atoms with van der Waals surface area (Å²) in [5.74, 6) is -1.70. The Bertz CT molecular complexity index is 425. The van der Waals surface area contributed by atoms with Gasteiger partial charge in [0, 0.05) is 5.69 Å². The van der Waals surface area contributed by atoms with E-state index in [0.717, 1.165) is 0 Å². The van der Waals surface area contributed by atoms with Crippen molar-refractivity contribution in [1.82, 2.24) is 0 Å². The Morgan fingerprint density at radius 3 is 2.12 bits per heavy atom. The van der Waals surface area contributed by atoms with E-state index in [9.17, 15) is 9.59 Å². The van der Waals surface area contributed by atoms with Crippen molar-refractivity contribution in [3.63, 3.8) is 0 Å². The molecule has 7 heteroatoms. The van der Waals surface area contributed by atoms with E-state index in [0.29, 0.717) is 11.3 Å². The molecule has 17 heavy (non-hydrogen) atoms. The Morgan fingerprint density at radius 2 is 1.71 bits per heavy atom. The van der Waals surface area contributed by atoms with Crippen LogP contribution in [0.3, 0.4) is 0 Å². The number of carbonyl (C=O) groups is 2. The first-order chi connectivity index (χ1) is 7.79. The van der Waals surface area contributed by atoms with Gasteiger partial charge in [-0.15, -0.1) is 0 Å². The van der Waals surface area contributed by atoms with Gasteiger partial charge in [0.05, 0.1) is 6.42 Å². The number of carboxylic acid groups (broad SMARTS) is 1. The van der Waals surface area contributed by atoms with Crippen molar-refractivity contribution in [2.45, 2.75) is 10.2 Å². The molecule has 1 rings (SSSR count). The first-order valence-corrected chi connectivity index (χ1v) is 5.61. The molecule has 0 saturated heterocycles. The molecule has 0 radical (unpaired) electrons. The molecule has 1 aromatic carbocycles. The summed E-state index contributed by atoms with van der Waals surface area (Å²) in [6.07, 6.45) is -0.0846. The molecule has 0 bridgehead atoms. The molecule has 2 N–H and O–H groups in total. The average molecular weight is 297 g/mol. The SMILES string of the molecule is O=C(O)Cc1ccc(NC(=O)C(Cl)(Cl)Cl)cc1. The quantitative estimate of drug-likeness (QED) is 0.843. The number of benzene rings is 1. The molecule has 0 heterocycles. The number of anilines is 1. The van der Waals surface area contributed by atoms with Crippen LogP contribution >= 0.6 is 34.8 Å². The minimum Gasteiger partial charge on any atom is -0.481 e. The van der Waals surface area contributed by atoms with Crippen LogP contribution < -0.4 is 5.32 Å². The van der Waals surface area contributed by atoms with E-state index in [1.807, 2.05) is 0 Å². The predicted octanol–water partition coefficient (Wildman–Crippen LogP) is 2.62. The molecule has 0 saturated carbocycles. The van der Waals surface area contributed by atoms with Gasteiger partial charge in [-0.3, -0.25) is 9.59 Å². The minimum atomic E-state index is -2.03. The maximum atomic E-state index is 11.3. The van der Waals surface area contributed by atoms with Crippen molar-refractivity contribution in [2.75, 3.05) is 5.32 Å². The number of rotatable bonds is 3. The van der Waals surface area contributed by atoms with Crippen LogP contribution in [0.25, 0.3) is 0 Å². The second-order valence-electron chi connectivity index (χ2n) is 3.22. The first-order valence-electron chi connectivity index (χ1n) is 4.48. The summed E-state index contributed by atoms with van der Waals surface area (Å²) < 4.78 is -2.03. The van der Waals surface area contributed by atoms with Gasteiger partial charge in [0.1, 0.15) is 0 Å². The lowest BCUT2D eigenvalue weighted by molar-refractivity contribution is -0.136. The summed E-state index contributed by atoms with van der Waals surface area (Å²) in [6.45, 7) is 0. The monoisotopic (exact) mass is 295 g/mol. The predicted molar refractivity (Wildman–Crippen MR) is 66.7 cm³/mol. The standard InChI is InChI=1S/C10H8Cl3NO3/c11-10(12,13)9(17)14-7-3-1-6(2-4-7)5-8(15)16/h1-4H,5H2,(H,14,17)(H,15,16). The molecule has 0 fully saturated rings. The lowest BCUT2D eigenvalue weighted by atomic mass is 10.1. The smallest absolute Gasteiger partial charge is 0.307 e. The molecule has 4 nitrogen and oxygen atoms in total. The van der Waals surface area contributed by atoms with E-state index in [2.05, 4.69) is 5.32 Å². The molecular weight excluding hydrogens is 288 g/mol. The van der Waals surface area contributed by atoms with Crippen LogP contribution in [0.2, 0.25) is 0 Å². The van der Waals surface area contributed by atoms with Crippen LogP contribution in [-0.4, -0.2) is 20.8 Å². The number of nitrogens with one attached hydrogen (secondary N) is 1. The van der Waals surface area contributed by atoms with Crippen LogP contribution in [0, 0.1) is 0 Å². The highest BCUT2D eigenvalue weighted by molar-refractivity contribution is 6.76. The molecular formula is C10H8Cl3NO3. The van der Waals surface area contributed by atoms with Crippen molar-refractivity contribution in [3.05, 3.63) is 29.8 Å². The highest BCUT2D eigenvalue weighted by Gasteiger charge is 2.30. The van der Waals surface area contributed by atoms with E-state index >= 15 is 0 Å². The van der Waals surface area contributed by atoms with Crippen molar-refractivity contribution >= 4 is 52.4 Å². The van der Waals surface area contributed by atoms with Crippen LogP contribution in [0.5, 0.6) is 0 Å². The zero-order valence-corrected chi connectivity index (χ0v) is 10.7. The van der Waals surface area contributed by atoms with Gasteiger partial charge in [-0.25, -0.2) is 0 Å². The van der Waals surface area contributed by atoms with Crippen molar-refractivity contribution < 1.29 is 14.7 Å². The van der Waals surface area contributed by atoms with Gasteiger partial charge in [0.2, 0.25) is 0 Å². The first kappa shape index (κ1) is 14.1. The fourth-order valence-electron chi connectivity index (χ4n) is 1.08. The molecule has 0 atom stereocenters. The fourth-order valence-corrected chi connectivity index (χ4v) is 1.22. The number of halogens is 3. The Morgan fingerprint density at radius 1 is 1.18 bits per heavy atom. The third-order valence-corrected chi connectivity index (χ3v) is 2.34. The average Bonchev–Trinajstić information content (AvgIpc) is 2.18. The zero-order chi connectivity index (χ0) is 13.1. The second-order valence-corrected chi connectivity index (χ2v) is 5.50. The summed E-state index contributed by atoms with van der Waals surface area (Å²) in [6, 6.07) is 6.21. The highest BCUT2D eigenvalue weighted by Crippen LogP contribution is 2.27. The summed E-state index contributed by atoms with van der Waals surface area (Å²) in [5, 5.41) is 10.9. The molecule has 0 aliphatic carbocycles. The van der Waals surface area contributed by atoms with Crippen LogP contribution in [0.15, 0.2) is 24.3 Å². The van der Waals surface area contributed by atoms with Crippen molar-refractivity contribution in [3.8, 4) is 0 Å². The number of carbonyl (C=O) groups excluding carboxylic acids is 1. The van der Waals surface area contributed by atoms with Gasteiger partial charge in [-0.1, -0.05) is 46.9 Å². The van der Waals surface area contributed by atoms with Gasteiger partial charge >= 0.3 is 5.97 Å². The highest BCUT2D eigenvalue weighted by atomic mass is 35.6. The van der Waals surface area contributed by atoms with Gasteiger partial charge < -0.3 is 10.4 Å². The molecule has 1 aromatic rings. The van der Waals surface area contributed by atoms with E-state index in [1.54, 1.807) is 12.1 Å². The minimum absolute atomic E-state index is 0.0846. The van der Waals surface area contributed by atoms with Gasteiger partial charge in [0.25, 0.3) is 9.70 Å². The maximum absolute atomic E-state index is 11.3. The molecule has 92 valence electrons. The molecule has 0 aliphatic rings. The molecule has 1 amide bonds. The number of aliphatic carboxylic acids is 1. The Balaban J connectivity index is 2.69. The van der Waals surface area contributed by atoms with Crippen LogP contribution in [0.1, 0.15) is 5.56 Å². The molecule has 0 aliphatic heterocycles. The largest absolute Gasteiger partial charge is 0.481 e. The molecule has 0 unspecified atom stereocenters. The van der Waals surface area contributed by atoms with E-state index in [4.69, 9.17) is 39.9 Å². The van der Waals surface area contributed by atoms with Crippen molar-refractivity contribution in [2.24, 2.45) is 0 Å². The van der Waals surface area contributed by atoms with Crippen molar-refractivity contribution in [1.29, 1.82) is 0 Å². The topological polar surface area (TPSA) is 66.4 Å². The van der Waals surface area contributed by atoms with Gasteiger partial charge in [-0.2, -0.15) is 0 Å². The third-order valence-electron chi connectivity index (χ3n) is 1.82. The van der Waals surface area contributed by atoms with Crippen LogP contribution in [0.4, 0.5) is 5.69 Å². The second kappa shape index (κ2) is 5.58. The number of alkyl halides is 3. The fraction of sp³-hybridized carbons (Fsp3) is 0.200. The Labute approximate surface area is 112 Å². The zero-order valence-electron chi connectivity index (χ0n) is 8.41. The van der Waals surface area contributed by atoms with Crippen LogP contribution in [-0.2, 0) is 16.0 Å². The number of hydrogen-bond acceptors (Lipinski definition) is 2. The number of amides is 1. The van der Waals surface area contributed by atoms with E-state index in [1.165, 1.54) is 12.1 Å². The Kier molecular flexibility index (Phi) is 4.62. The maximum Gasteiger partial charge on any atom is 0.307 e. The van der Waals surface area contributed by atoms with Gasteiger partial charge in [-0.05, 0) is 17.7 Å². The summed E-state index contributed by atoms with van der Waals surface area (Å²) in [7, 11) is 0. The van der Waals surface area contributed by atoms with Gasteiger partial charge in [0.15, 0.2) is 0 Å². The summed E-state index contributed by atoms with van der Waals surface area (Å²) in [4.78, 5) is 21.7. The number of carboxylic acids is 1. The molecule has 0 aromatic heterocycles. The lowest BCUT2D eigenvalue weighted by Crippen LogP contribution is -2.26. The summed E-state index contributed by atoms with van der Waals surface area (Å²) >= 11 is 16.1. The molecule has 0 spiro atoms. The van der Waals surface area contributed by atoms with E-state index in [-0.39, 0.29) is 6.42 Å². The van der Waals surface area contributed by atoms with E-state index < -0.39 is 15.7 Å².